The zero-order valence-electron chi connectivity index (χ0n) is 18.8. The summed E-state index contributed by atoms with van der Waals surface area (Å²) in [7, 11) is 0. The molecule has 0 fully saturated rings. The summed E-state index contributed by atoms with van der Waals surface area (Å²) in [5.41, 5.74) is -1.01. The summed E-state index contributed by atoms with van der Waals surface area (Å²) in [4.78, 5) is 48.9. The van der Waals surface area contributed by atoms with Gasteiger partial charge >= 0.3 is 23.9 Å². The third-order valence-electron chi connectivity index (χ3n) is 3.90. The number of quaternary nitrogens is 1. The molecule has 0 aliphatic heterocycles. The largest absolute Gasteiger partial charge is 0.595 e. The first-order valence-corrected chi connectivity index (χ1v) is 10.2. The molecule has 0 saturated heterocycles. The zero-order chi connectivity index (χ0) is 25.0. The van der Waals surface area contributed by atoms with Crippen molar-refractivity contribution in [1.29, 1.82) is 0 Å². The molecule has 0 aromatic heterocycles. The number of nitrogens with one attached hydrogen (secondary N) is 1. The Labute approximate surface area is 190 Å². The maximum Gasteiger partial charge on any atom is 0.345 e. The maximum absolute atomic E-state index is 12.3. The van der Waals surface area contributed by atoms with Crippen molar-refractivity contribution in [3.63, 3.8) is 0 Å². The lowest BCUT2D eigenvalue weighted by molar-refractivity contribution is -0.991. The molecule has 0 saturated carbocycles. The van der Waals surface area contributed by atoms with Crippen molar-refractivity contribution in [2.24, 2.45) is 0 Å². The van der Waals surface area contributed by atoms with Crippen molar-refractivity contribution in [3.8, 4) is 0 Å². The van der Waals surface area contributed by atoms with E-state index < -0.39 is 40.2 Å². The van der Waals surface area contributed by atoms with Crippen LogP contribution in [0.4, 0.5) is 5.69 Å². The lowest BCUT2D eigenvalue weighted by Gasteiger charge is -2.15. The average molecular weight is 465 g/mol. The van der Waals surface area contributed by atoms with Crippen LogP contribution in [-0.2, 0) is 38.1 Å². The van der Waals surface area contributed by atoms with E-state index in [1.807, 2.05) is 0 Å². The van der Waals surface area contributed by atoms with Gasteiger partial charge in [-0.2, -0.15) is 5.23 Å². The molecular weight excluding hydrogens is 438 g/mol. The zero-order valence-corrected chi connectivity index (χ0v) is 18.8. The highest BCUT2D eigenvalue weighted by Crippen LogP contribution is 2.21. The molecule has 0 radical (unpaired) electrons. The standard InChI is InChI=1S/C22H27NO10/c1-5-30-19(24)16(20(25)31-6-2)12-14-9-10-18(23(28)29)15(11-14)13-17(21(26)32-7-3)22(27)33-8-4/h9-13,23,28H,5-8H2,1-4H3. The molecule has 1 rings (SSSR count). The minimum atomic E-state index is -1.33. The molecule has 11 nitrogen and oxygen atoms in total. The molecule has 33 heavy (non-hydrogen) atoms. The number of carbonyl (C=O) groups excluding carboxylic acids is 4. The van der Waals surface area contributed by atoms with E-state index in [-0.39, 0.29) is 43.2 Å². The molecule has 0 aliphatic rings. The second-order valence-electron chi connectivity index (χ2n) is 6.15. The third-order valence-corrected chi connectivity index (χ3v) is 3.90. The van der Waals surface area contributed by atoms with E-state index in [0.29, 0.717) is 0 Å². The van der Waals surface area contributed by atoms with E-state index in [1.165, 1.54) is 18.2 Å². The molecule has 2 N–H and O–H groups in total. The summed E-state index contributed by atoms with van der Waals surface area (Å²) in [6.45, 7) is 6.21. The Morgan fingerprint density at radius 1 is 0.788 bits per heavy atom. The SMILES string of the molecule is CCOC(=O)C(=Cc1ccc([NH+]([O-])O)c(C=C(C(=O)OCC)C(=O)OCC)c1)C(=O)OCC. The molecule has 1 atom stereocenters. The average Bonchev–Trinajstić information content (AvgIpc) is 2.76. The van der Waals surface area contributed by atoms with Crippen LogP contribution in [0.2, 0.25) is 0 Å². The Balaban J connectivity index is 3.66. The van der Waals surface area contributed by atoms with Gasteiger partial charge in [0.15, 0.2) is 5.69 Å². The molecule has 0 amide bonds. The molecule has 0 heterocycles. The maximum atomic E-state index is 12.3. The van der Waals surface area contributed by atoms with E-state index in [9.17, 15) is 29.6 Å². The fourth-order valence-corrected chi connectivity index (χ4v) is 2.55. The number of carbonyl (C=O) groups is 4. The Hall–Kier alpha value is -3.54. The van der Waals surface area contributed by atoms with Crippen molar-refractivity contribution >= 4 is 41.7 Å². The van der Waals surface area contributed by atoms with Crippen LogP contribution < -0.4 is 5.23 Å². The van der Waals surface area contributed by atoms with Crippen LogP contribution in [0.5, 0.6) is 0 Å². The molecule has 0 bridgehead atoms. The van der Waals surface area contributed by atoms with Crippen LogP contribution in [0.25, 0.3) is 12.2 Å². The van der Waals surface area contributed by atoms with Gasteiger partial charge in [-0.15, -0.1) is 0 Å². The van der Waals surface area contributed by atoms with Crippen LogP contribution in [-0.4, -0.2) is 55.5 Å². The van der Waals surface area contributed by atoms with Crippen molar-refractivity contribution < 1.29 is 48.6 Å². The van der Waals surface area contributed by atoms with Gasteiger partial charge in [-0.05, 0) is 57.5 Å². The monoisotopic (exact) mass is 465 g/mol. The van der Waals surface area contributed by atoms with Crippen LogP contribution in [0.15, 0.2) is 29.3 Å². The van der Waals surface area contributed by atoms with E-state index in [2.05, 4.69) is 0 Å². The second kappa shape index (κ2) is 13.8. The fourth-order valence-electron chi connectivity index (χ4n) is 2.55. The van der Waals surface area contributed by atoms with Gasteiger partial charge in [-0.25, -0.2) is 24.4 Å². The van der Waals surface area contributed by atoms with Gasteiger partial charge in [0.1, 0.15) is 11.1 Å². The van der Waals surface area contributed by atoms with E-state index in [0.717, 1.165) is 12.2 Å². The smallest absolute Gasteiger partial charge is 0.345 e. The summed E-state index contributed by atoms with van der Waals surface area (Å²) < 4.78 is 19.5. The van der Waals surface area contributed by atoms with Gasteiger partial charge in [0.2, 0.25) is 0 Å². The van der Waals surface area contributed by atoms with Gasteiger partial charge in [0.05, 0.1) is 26.4 Å². The van der Waals surface area contributed by atoms with Gasteiger partial charge in [-0.3, -0.25) is 0 Å². The fraction of sp³-hybridized carbons (Fsp3) is 0.364. The molecule has 0 spiro atoms. The summed E-state index contributed by atoms with van der Waals surface area (Å²) in [5, 5.41) is 19.9. The first-order valence-electron chi connectivity index (χ1n) is 10.2. The highest BCUT2D eigenvalue weighted by molar-refractivity contribution is 6.18. The lowest BCUT2D eigenvalue weighted by Crippen LogP contribution is -2.99. The molecule has 0 aliphatic carbocycles. The van der Waals surface area contributed by atoms with E-state index in [1.54, 1.807) is 27.7 Å². The Bertz CT molecular complexity index is 893. The number of rotatable bonds is 11. The third kappa shape index (κ3) is 8.15. The second-order valence-corrected chi connectivity index (χ2v) is 6.15. The van der Waals surface area contributed by atoms with Crippen molar-refractivity contribution in [3.05, 3.63) is 45.7 Å². The van der Waals surface area contributed by atoms with Gasteiger partial charge in [-0.1, -0.05) is 0 Å². The lowest BCUT2D eigenvalue weighted by atomic mass is 10.0. The number of esters is 4. The molecule has 180 valence electrons. The van der Waals surface area contributed by atoms with Crippen LogP contribution in [0.3, 0.4) is 0 Å². The highest BCUT2D eigenvalue weighted by Gasteiger charge is 2.24. The topological polar surface area (TPSA) is 153 Å². The Kier molecular flexibility index (Phi) is 11.5. The Morgan fingerprint density at radius 3 is 1.55 bits per heavy atom. The normalized spacial score (nSPS) is 11.0. The first-order chi connectivity index (χ1) is 15.7. The van der Waals surface area contributed by atoms with Crippen LogP contribution >= 0.6 is 0 Å². The van der Waals surface area contributed by atoms with E-state index >= 15 is 0 Å². The summed E-state index contributed by atoms with van der Waals surface area (Å²) >= 11 is 0. The van der Waals surface area contributed by atoms with Crippen molar-refractivity contribution in [1.82, 2.24) is 0 Å². The summed E-state index contributed by atoms with van der Waals surface area (Å²) in [6.07, 6.45) is 2.18. The molecular formula is C22H27NO10. The number of ether oxygens (including phenoxy) is 4. The number of hydrogen-bond acceptors (Lipinski definition) is 10. The molecule has 1 aromatic carbocycles. The molecule has 1 unspecified atom stereocenters. The van der Waals surface area contributed by atoms with Crippen molar-refractivity contribution in [2.75, 3.05) is 26.4 Å². The van der Waals surface area contributed by atoms with Gasteiger partial charge in [0, 0.05) is 11.6 Å². The quantitative estimate of drug-likeness (QED) is 0.121. The minimum Gasteiger partial charge on any atom is -0.595 e. The minimum absolute atomic E-state index is 0.0178. The van der Waals surface area contributed by atoms with Crippen molar-refractivity contribution in [2.45, 2.75) is 27.7 Å². The molecule has 1 aromatic rings. The molecule has 11 heteroatoms. The number of benzene rings is 1. The number of hydrogen-bond donors (Lipinski definition) is 2. The first kappa shape index (κ1) is 27.5. The summed E-state index contributed by atoms with van der Waals surface area (Å²) in [6, 6.07) is 3.82. The predicted molar refractivity (Wildman–Crippen MR) is 115 cm³/mol. The Morgan fingerprint density at radius 2 is 1.18 bits per heavy atom. The van der Waals surface area contributed by atoms with Crippen LogP contribution in [0.1, 0.15) is 38.8 Å². The highest BCUT2D eigenvalue weighted by atomic mass is 16.8. The summed E-state index contributed by atoms with van der Waals surface area (Å²) in [5.74, 6) is -3.83. The van der Waals surface area contributed by atoms with Gasteiger partial charge < -0.3 is 24.2 Å². The van der Waals surface area contributed by atoms with E-state index in [4.69, 9.17) is 18.9 Å². The van der Waals surface area contributed by atoms with Gasteiger partial charge in [0.25, 0.3) is 0 Å². The predicted octanol–water partition coefficient (Wildman–Crippen LogP) is 1.11. The van der Waals surface area contributed by atoms with Crippen LogP contribution in [0, 0.1) is 5.21 Å².